The lowest BCUT2D eigenvalue weighted by Crippen LogP contribution is -2.46. The number of nitrogens with zero attached hydrogens (tertiary/aromatic N) is 1. The van der Waals surface area contributed by atoms with Gasteiger partial charge in [-0.1, -0.05) is 38.5 Å². The summed E-state index contributed by atoms with van der Waals surface area (Å²) in [7, 11) is 0. The molecule has 2 saturated carbocycles. The maximum Gasteiger partial charge on any atom is 0.226 e. The second-order valence-electron chi connectivity index (χ2n) is 5.88. The summed E-state index contributed by atoms with van der Waals surface area (Å²) in [4.78, 5) is 14.6. The molecule has 0 saturated heterocycles. The molecule has 0 aromatic heterocycles. The minimum absolute atomic E-state index is 0.106. The van der Waals surface area contributed by atoms with Crippen molar-refractivity contribution in [2.24, 2.45) is 5.92 Å². The Kier molecular flexibility index (Phi) is 5.48. The van der Waals surface area contributed by atoms with Crippen LogP contribution in [-0.4, -0.2) is 35.1 Å². The molecule has 0 unspecified atom stereocenters. The van der Waals surface area contributed by atoms with E-state index in [4.69, 9.17) is 0 Å². The molecule has 2 rings (SSSR count). The normalized spacial score (nSPS) is 22.9. The van der Waals surface area contributed by atoms with Crippen LogP contribution in [0.25, 0.3) is 0 Å². The number of hydrogen-bond donors (Lipinski definition) is 1. The van der Waals surface area contributed by atoms with Gasteiger partial charge in [-0.3, -0.25) is 4.79 Å². The van der Waals surface area contributed by atoms with Gasteiger partial charge >= 0.3 is 0 Å². The molecular formula is C15H27NO2. The smallest absolute Gasteiger partial charge is 0.226 e. The van der Waals surface area contributed by atoms with Gasteiger partial charge in [0.05, 0.1) is 6.61 Å². The van der Waals surface area contributed by atoms with Crippen molar-refractivity contribution in [3.05, 3.63) is 0 Å². The van der Waals surface area contributed by atoms with Crippen LogP contribution in [0.1, 0.15) is 64.2 Å². The van der Waals surface area contributed by atoms with Crippen molar-refractivity contribution in [3.63, 3.8) is 0 Å². The van der Waals surface area contributed by atoms with Gasteiger partial charge in [0, 0.05) is 18.5 Å². The molecule has 2 fully saturated rings. The molecule has 18 heavy (non-hydrogen) atoms. The highest BCUT2D eigenvalue weighted by molar-refractivity contribution is 5.79. The maximum atomic E-state index is 12.6. The molecule has 2 aliphatic rings. The molecular weight excluding hydrogens is 226 g/mol. The molecule has 2 aliphatic carbocycles. The van der Waals surface area contributed by atoms with Crippen molar-refractivity contribution in [1.82, 2.24) is 4.90 Å². The molecule has 1 N–H and O–H groups in total. The zero-order valence-electron chi connectivity index (χ0n) is 11.4. The van der Waals surface area contributed by atoms with Crippen LogP contribution in [0.2, 0.25) is 0 Å². The van der Waals surface area contributed by atoms with Gasteiger partial charge in [0.15, 0.2) is 0 Å². The van der Waals surface area contributed by atoms with E-state index in [1.54, 1.807) is 0 Å². The third kappa shape index (κ3) is 3.47. The molecule has 0 heterocycles. The Morgan fingerprint density at radius 1 is 0.944 bits per heavy atom. The van der Waals surface area contributed by atoms with E-state index < -0.39 is 0 Å². The maximum absolute atomic E-state index is 12.6. The molecule has 0 atom stereocenters. The van der Waals surface area contributed by atoms with Crippen LogP contribution in [0, 0.1) is 5.92 Å². The number of hydrogen-bond acceptors (Lipinski definition) is 2. The van der Waals surface area contributed by atoms with Crippen molar-refractivity contribution >= 4 is 5.91 Å². The van der Waals surface area contributed by atoms with Gasteiger partial charge in [-0.15, -0.1) is 0 Å². The van der Waals surface area contributed by atoms with E-state index in [-0.39, 0.29) is 12.5 Å². The van der Waals surface area contributed by atoms with Gasteiger partial charge in [-0.05, 0) is 25.7 Å². The molecule has 0 radical (unpaired) electrons. The Labute approximate surface area is 111 Å². The van der Waals surface area contributed by atoms with E-state index in [9.17, 15) is 9.90 Å². The van der Waals surface area contributed by atoms with E-state index in [1.807, 2.05) is 4.90 Å². The van der Waals surface area contributed by atoms with Crippen LogP contribution >= 0.6 is 0 Å². The molecule has 0 bridgehead atoms. The summed E-state index contributed by atoms with van der Waals surface area (Å²) in [5.74, 6) is 0.572. The predicted molar refractivity (Wildman–Crippen MR) is 72.2 cm³/mol. The minimum Gasteiger partial charge on any atom is -0.395 e. The number of carbonyl (C=O) groups excluding carboxylic acids is 1. The predicted octanol–water partition coefficient (Wildman–Crippen LogP) is 2.72. The van der Waals surface area contributed by atoms with E-state index in [0.29, 0.717) is 18.5 Å². The number of amides is 1. The van der Waals surface area contributed by atoms with Crippen molar-refractivity contribution < 1.29 is 9.90 Å². The van der Waals surface area contributed by atoms with Crippen molar-refractivity contribution in [2.75, 3.05) is 13.2 Å². The standard InChI is InChI=1S/C15H27NO2/c17-12-11-16(14-9-5-2-6-10-14)15(18)13-7-3-1-4-8-13/h13-14,17H,1-12H2. The summed E-state index contributed by atoms with van der Waals surface area (Å²) in [5, 5.41) is 9.22. The first-order valence-electron chi connectivity index (χ1n) is 7.74. The van der Waals surface area contributed by atoms with Crippen LogP contribution < -0.4 is 0 Å². The highest BCUT2D eigenvalue weighted by Gasteiger charge is 2.30. The molecule has 0 aromatic rings. The Balaban J connectivity index is 1.96. The average molecular weight is 253 g/mol. The van der Waals surface area contributed by atoms with Crippen molar-refractivity contribution in [1.29, 1.82) is 0 Å². The fourth-order valence-electron chi connectivity index (χ4n) is 3.56. The highest BCUT2D eigenvalue weighted by Crippen LogP contribution is 2.29. The van der Waals surface area contributed by atoms with Crippen LogP contribution in [-0.2, 0) is 4.79 Å². The van der Waals surface area contributed by atoms with Gasteiger partial charge in [-0.25, -0.2) is 0 Å². The summed E-state index contributed by atoms with van der Waals surface area (Å²) >= 11 is 0. The van der Waals surface area contributed by atoms with Gasteiger partial charge in [0.2, 0.25) is 5.91 Å². The molecule has 3 nitrogen and oxygen atoms in total. The summed E-state index contributed by atoms with van der Waals surface area (Å²) in [6, 6.07) is 0.403. The fourth-order valence-corrected chi connectivity index (χ4v) is 3.56. The van der Waals surface area contributed by atoms with Gasteiger partial charge in [0.25, 0.3) is 0 Å². The molecule has 104 valence electrons. The molecule has 0 aromatic carbocycles. The summed E-state index contributed by atoms with van der Waals surface area (Å²) < 4.78 is 0. The largest absolute Gasteiger partial charge is 0.395 e. The topological polar surface area (TPSA) is 40.5 Å². The van der Waals surface area contributed by atoms with E-state index in [1.165, 1.54) is 38.5 Å². The van der Waals surface area contributed by atoms with Crippen LogP contribution in [0.5, 0.6) is 0 Å². The van der Waals surface area contributed by atoms with Crippen molar-refractivity contribution in [2.45, 2.75) is 70.3 Å². The zero-order chi connectivity index (χ0) is 12.8. The van der Waals surface area contributed by atoms with E-state index >= 15 is 0 Å². The molecule has 1 amide bonds. The third-order valence-electron chi connectivity index (χ3n) is 4.59. The average Bonchev–Trinajstić information content (AvgIpc) is 2.46. The number of carbonyl (C=O) groups is 1. The van der Waals surface area contributed by atoms with Crippen LogP contribution in [0.3, 0.4) is 0 Å². The zero-order valence-corrected chi connectivity index (χ0v) is 11.4. The number of aliphatic hydroxyl groups is 1. The lowest BCUT2D eigenvalue weighted by Gasteiger charge is -2.37. The first-order chi connectivity index (χ1) is 8.83. The van der Waals surface area contributed by atoms with Crippen molar-refractivity contribution in [3.8, 4) is 0 Å². The fraction of sp³-hybridized carbons (Fsp3) is 0.933. The van der Waals surface area contributed by atoms with E-state index in [2.05, 4.69) is 0 Å². The second-order valence-corrected chi connectivity index (χ2v) is 5.88. The van der Waals surface area contributed by atoms with Crippen LogP contribution in [0.4, 0.5) is 0 Å². The Bertz CT molecular complexity index is 255. The molecule has 3 heteroatoms. The van der Waals surface area contributed by atoms with Crippen LogP contribution in [0.15, 0.2) is 0 Å². The first kappa shape index (κ1) is 13.9. The first-order valence-corrected chi connectivity index (χ1v) is 7.74. The monoisotopic (exact) mass is 253 g/mol. The summed E-state index contributed by atoms with van der Waals surface area (Å²) in [5.41, 5.74) is 0. The Morgan fingerprint density at radius 3 is 2.06 bits per heavy atom. The lowest BCUT2D eigenvalue weighted by atomic mass is 9.86. The SMILES string of the molecule is O=C(C1CCCCC1)N(CCO)C1CCCCC1. The number of rotatable bonds is 4. The Morgan fingerprint density at radius 2 is 1.50 bits per heavy atom. The van der Waals surface area contributed by atoms with E-state index in [0.717, 1.165) is 25.7 Å². The van der Waals surface area contributed by atoms with Gasteiger partial charge in [-0.2, -0.15) is 0 Å². The third-order valence-corrected chi connectivity index (χ3v) is 4.59. The quantitative estimate of drug-likeness (QED) is 0.837. The number of aliphatic hydroxyl groups excluding tert-OH is 1. The second kappa shape index (κ2) is 7.13. The molecule has 0 aliphatic heterocycles. The lowest BCUT2D eigenvalue weighted by molar-refractivity contribution is -0.140. The Hall–Kier alpha value is -0.570. The highest BCUT2D eigenvalue weighted by atomic mass is 16.3. The molecule has 0 spiro atoms. The van der Waals surface area contributed by atoms with Gasteiger partial charge < -0.3 is 10.0 Å². The minimum atomic E-state index is 0.106. The summed E-state index contributed by atoms with van der Waals surface area (Å²) in [6.07, 6.45) is 11.9. The summed E-state index contributed by atoms with van der Waals surface area (Å²) in [6.45, 7) is 0.648. The van der Waals surface area contributed by atoms with Gasteiger partial charge in [0.1, 0.15) is 0 Å².